The Balaban J connectivity index is 1.75. The summed E-state index contributed by atoms with van der Waals surface area (Å²) < 4.78 is 5.42. The SMILES string of the molecule is OC(CNC1CC1)COc1cc(Cl)cc(Cl)c1. The smallest absolute Gasteiger partial charge is 0.122 e. The van der Waals surface area contributed by atoms with Crippen LogP contribution in [0.2, 0.25) is 10.0 Å². The average molecular weight is 276 g/mol. The van der Waals surface area contributed by atoms with Crippen molar-refractivity contribution in [1.82, 2.24) is 5.32 Å². The van der Waals surface area contributed by atoms with Gasteiger partial charge in [0.1, 0.15) is 18.5 Å². The molecule has 1 unspecified atom stereocenters. The van der Waals surface area contributed by atoms with Crippen LogP contribution in [0.1, 0.15) is 12.8 Å². The Morgan fingerprint density at radius 3 is 2.53 bits per heavy atom. The molecule has 1 aromatic carbocycles. The normalized spacial score (nSPS) is 16.9. The van der Waals surface area contributed by atoms with E-state index in [0.29, 0.717) is 28.4 Å². The maximum atomic E-state index is 9.67. The third kappa shape index (κ3) is 4.72. The molecule has 0 amide bonds. The van der Waals surface area contributed by atoms with E-state index in [1.165, 1.54) is 12.8 Å². The Bertz CT molecular complexity index is 363. The first-order valence-electron chi connectivity index (χ1n) is 5.64. The van der Waals surface area contributed by atoms with Crippen LogP contribution in [0.4, 0.5) is 0 Å². The number of benzene rings is 1. The van der Waals surface area contributed by atoms with Crippen LogP contribution in [0.15, 0.2) is 18.2 Å². The minimum Gasteiger partial charge on any atom is -0.491 e. The van der Waals surface area contributed by atoms with Crippen molar-refractivity contribution in [3.63, 3.8) is 0 Å². The molecule has 94 valence electrons. The molecular weight excluding hydrogens is 261 g/mol. The van der Waals surface area contributed by atoms with Crippen LogP contribution in [0.3, 0.4) is 0 Å². The number of aliphatic hydroxyl groups is 1. The fourth-order valence-electron chi connectivity index (χ4n) is 1.45. The van der Waals surface area contributed by atoms with Gasteiger partial charge in [-0.2, -0.15) is 0 Å². The molecule has 1 aliphatic rings. The summed E-state index contributed by atoms with van der Waals surface area (Å²) in [4.78, 5) is 0. The molecule has 1 saturated carbocycles. The Morgan fingerprint density at radius 2 is 1.94 bits per heavy atom. The van der Waals surface area contributed by atoms with E-state index < -0.39 is 6.10 Å². The van der Waals surface area contributed by atoms with Crippen LogP contribution in [0.5, 0.6) is 5.75 Å². The predicted molar refractivity (Wildman–Crippen MR) is 69.0 cm³/mol. The summed E-state index contributed by atoms with van der Waals surface area (Å²) in [7, 11) is 0. The largest absolute Gasteiger partial charge is 0.491 e. The summed E-state index contributed by atoms with van der Waals surface area (Å²) in [5.41, 5.74) is 0. The standard InChI is InChI=1S/C12H15Cl2NO2/c13-8-3-9(14)5-12(4-8)17-7-11(16)6-15-10-1-2-10/h3-5,10-11,15-16H,1-2,6-7H2. The van der Waals surface area contributed by atoms with Crippen LogP contribution < -0.4 is 10.1 Å². The molecule has 2 rings (SSSR count). The summed E-state index contributed by atoms with van der Waals surface area (Å²) in [5.74, 6) is 0.577. The second kappa shape index (κ2) is 5.91. The monoisotopic (exact) mass is 275 g/mol. The summed E-state index contributed by atoms with van der Waals surface area (Å²) in [6.45, 7) is 0.787. The fraction of sp³-hybridized carbons (Fsp3) is 0.500. The van der Waals surface area contributed by atoms with E-state index >= 15 is 0 Å². The highest BCUT2D eigenvalue weighted by Gasteiger charge is 2.21. The maximum Gasteiger partial charge on any atom is 0.122 e. The summed E-state index contributed by atoms with van der Waals surface area (Å²) >= 11 is 11.7. The molecule has 2 N–H and O–H groups in total. The number of halogens is 2. The molecule has 5 heteroatoms. The Morgan fingerprint density at radius 1 is 1.29 bits per heavy atom. The molecule has 3 nitrogen and oxygen atoms in total. The van der Waals surface area contributed by atoms with Crippen molar-refractivity contribution >= 4 is 23.2 Å². The number of ether oxygens (including phenoxy) is 1. The van der Waals surface area contributed by atoms with Crippen molar-refractivity contribution in [1.29, 1.82) is 0 Å². The summed E-state index contributed by atoms with van der Waals surface area (Å²) in [5, 5.41) is 14.0. The number of aliphatic hydroxyl groups excluding tert-OH is 1. The number of hydrogen-bond donors (Lipinski definition) is 2. The third-order valence-electron chi connectivity index (χ3n) is 2.50. The maximum absolute atomic E-state index is 9.67. The lowest BCUT2D eigenvalue weighted by Crippen LogP contribution is -2.32. The predicted octanol–water partition coefficient (Wildman–Crippen LogP) is 2.49. The van der Waals surface area contributed by atoms with Gasteiger partial charge in [-0.25, -0.2) is 0 Å². The van der Waals surface area contributed by atoms with E-state index in [-0.39, 0.29) is 6.61 Å². The van der Waals surface area contributed by atoms with Crippen LogP contribution in [0.25, 0.3) is 0 Å². The van der Waals surface area contributed by atoms with Crippen LogP contribution in [-0.2, 0) is 0 Å². The van der Waals surface area contributed by atoms with Crippen LogP contribution in [-0.4, -0.2) is 30.4 Å². The number of hydrogen-bond acceptors (Lipinski definition) is 3. The highest BCUT2D eigenvalue weighted by atomic mass is 35.5. The molecule has 0 saturated heterocycles. The first-order chi connectivity index (χ1) is 8.13. The second-order valence-corrected chi connectivity index (χ2v) is 5.13. The molecule has 17 heavy (non-hydrogen) atoms. The topological polar surface area (TPSA) is 41.5 Å². The minimum absolute atomic E-state index is 0.233. The van der Waals surface area contributed by atoms with Crippen molar-refractivity contribution in [2.45, 2.75) is 25.0 Å². The fourth-order valence-corrected chi connectivity index (χ4v) is 1.96. The van der Waals surface area contributed by atoms with Crippen molar-refractivity contribution in [3.05, 3.63) is 28.2 Å². The van der Waals surface area contributed by atoms with E-state index in [9.17, 15) is 5.11 Å². The Labute approximate surface area is 111 Å². The average Bonchev–Trinajstić information content (AvgIpc) is 3.06. The van der Waals surface area contributed by atoms with Crippen molar-refractivity contribution < 1.29 is 9.84 Å². The molecule has 1 aliphatic carbocycles. The number of nitrogens with one attached hydrogen (secondary N) is 1. The quantitative estimate of drug-likeness (QED) is 0.838. The molecule has 0 bridgehead atoms. The lowest BCUT2D eigenvalue weighted by Gasteiger charge is -2.13. The number of rotatable bonds is 6. The highest BCUT2D eigenvalue weighted by molar-refractivity contribution is 6.34. The third-order valence-corrected chi connectivity index (χ3v) is 2.93. The van der Waals surface area contributed by atoms with Gasteiger partial charge in [0.2, 0.25) is 0 Å². The van der Waals surface area contributed by atoms with Gasteiger partial charge < -0.3 is 15.2 Å². The molecule has 0 aromatic heterocycles. The molecule has 0 spiro atoms. The first-order valence-corrected chi connectivity index (χ1v) is 6.39. The molecule has 1 atom stereocenters. The van der Waals surface area contributed by atoms with Crippen LogP contribution in [0, 0.1) is 0 Å². The van der Waals surface area contributed by atoms with Gasteiger partial charge in [0.25, 0.3) is 0 Å². The lowest BCUT2D eigenvalue weighted by atomic mass is 10.3. The molecule has 0 radical (unpaired) electrons. The van der Waals surface area contributed by atoms with Crippen molar-refractivity contribution in [2.75, 3.05) is 13.2 Å². The van der Waals surface area contributed by atoms with Gasteiger partial charge in [-0.05, 0) is 31.0 Å². The lowest BCUT2D eigenvalue weighted by molar-refractivity contribution is 0.106. The van der Waals surface area contributed by atoms with Gasteiger partial charge in [0.05, 0.1) is 0 Å². The van der Waals surface area contributed by atoms with Gasteiger partial charge in [-0.15, -0.1) is 0 Å². The Hall–Kier alpha value is -0.480. The van der Waals surface area contributed by atoms with E-state index in [1.807, 2.05) is 0 Å². The van der Waals surface area contributed by atoms with E-state index in [4.69, 9.17) is 27.9 Å². The molecule has 1 aromatic rings. The van der Waals surface area contributed by atoms with Crippen molar-refractivity contribution in [3.8, 4) is 5.75 Å². The van der Waals surface area contributed by atoms with Gasteiger partial charge in [0.15, 0.2) is 0 Å². The minimum atomic E-state index is -0.520. The Kier molecular flexibility index (Phi) is 4.51. The zero-order valence-corrected chi connectivity index (χ0v) is 10.8. The van der Waals surface area contributed by atoms with Gasteiger partial charge in [0, 0.05) is 22.6 Å². The molecule has 1 fully saturated rings. The molecule has 0 aliphatic heterocycles. The highest BCUT2D eigenvalue weighted by Crippen LogP contribution is 2.24. The van der Waals surface area contributed by atoms with E-state index in [0.717, 1.165) is 0 Å². The van der Waals surface area contributed by atoms with Gasteiger partial charge >= 0.3 is 0 Å². The molecule has 0 heterocycles. The first kappa shape index (κ1) is 13.0. The van der Waals surface area contributed by atoms with E-state index in [2.05, 4.69) is 5.32 Å². The summed E-state index contributed by atoms with van der Waals surface area (Å²) in [6.07, 6.45) is 1.89. The van der Waals surface area contributed by atoms with Gasteiger partial charge in [-0.1, -0.05) is 23.2 Å². The van der Waals surface area contributed by atoms with Crippen molar-refractivity contribution in [2.24, 2.45) is 0 Å². The summed E-state index contributed by atoms with van der Waals surface area (Å²) in [6, 6.07) is 5.58. The second-order valence-electron chi connectivity index (χ2n) is 4.25. The van der Waals surface area contributed by atoms with E-state index in [1.54, 1.807) is 18.2 Å². The van der Waals surface area contributed by atoms with Gasteiger partial charge in [-0.3, -0.25) is 0 Å². The zero-order valence-electron chi connectivity index (χ0n) is 9.33. The zero-order chi connectivity index (χ0) is 12.3. The van der Waals surface area contributed by atoms with Crippen LogP contribution >= 0.6 is 23.2 Å². The molecular formula is C12H15Cl2NO2.